The van der Waals surface area contributed by atoms with Crippen molar-refractivity contribution in [2.75, 3.05) is 25.6 Å². The summed E-state index contributed by atoms with van der Waals surface area (Å²) in [5.74, 6) is 0.135. The van der Waals surface area contributed by atoms with Crippen molar-refractivity contribution in [2.24, 2.45) is 5.73 Å². The predicted molar refractivity (Wildman–Crippen MR) is 148 cm³/mol. The highest BCUT2D eigenvalue weighted by atomic mass is 32.2. The van der Waals surface area contributed by atoms with Crippen LogP contribution in [0.3, 0.4) is 0 Å². The standard InChI is InChI=1S/C25H51FO3S.C3H7N/c1-2-3-4-5-6-7-8-9-10-11-12-15-18-21-24-29-30(27,28)25-22-19-16-13-14-17-20-23-26;1-2-3-4/h2-25H2,1H3;2H,1,3-4H2. The molecule has 2 N–H and O–H groups in total. The van der Waals surface area contributed by atoms with Crippen LogP contribution in [0.2, 0.25) is 0 Å². The summed E-state index contributed by atoms with van der Waals surface area (Å²) in [6, 6.07) is 0. The van der Waals surface area contributed by atoms with Crippen LogP contribution in [0.4, 0.5) is 4.39 Å². The van der Waals surface area contributed by atoms with Gasteiger partial charge in [0.2, 0.25) is 0 Å². The Hall–Kier alpha value is -0.460. The van der Waals surface area contributed by atoms with Crippen LogP contribution >= 0.6 is 0 Å². The molecule has 0 atom stereocenters. The Morgan fingerprint density at radius 1 is 0.676 bits per heavy atom. The lowest BCUT2D eigenvalue weighted by Gasteiger charge is -2.06. The van der Waals surface area contributed by atoms with Crippen molar-refractivity contribution in [2.45, 2.75) is 142 Å². The second-order valence-corrected chi connectivity index (χ2v) is 11.1. The number of hydrogen-bond donors (Lipinski definition) is 1. The van der Waals surface area contributed by atoms with Crippen LogP contribution in [0, 0.1) is 0 Å². The number of unbranched alkanes of at least 4 members (excludes halogenated alkanes) is 19. The Kier molecular flexibility index (Phi) is 32.1. The zero-order valence-corrected chi connectivity index (χ0v) is 23.4. The smallest absolute Gasteiger partial charge is 0.267 e. The second kappa shape index (κ2) is 30.6. The van der Waals surface area contributed by atoms with Gasteiger partial charge in [-0.1, -0.05) is 129 Å². The largest absolute Gasteiger partial charge is 0.327 e. The maximum Gasteiger partial charge on any atom is 0.267 e. The monoisotopic (exact) mass is 507 g/mol. The number of hydrogen-bond acceptors (Lipinski definition) is 4. The molecule has 0 aromatic rings. The second-order valence-electron chi connectivity index (χ2n) is 9.37. The van der Waals surface area contributed by atoms with Crippen molar-refractivity contribution in [3.63, 3.8) is 0 Å². The number of rotatable bonds is 26. The molecule has 34 heavy (non-hydrogen) atoms. The number of nitrogens with two attached hydrogens (primary N) is 1. The van der Waals surface area contributed by atoms with Gasteiger partial charge in [-0.2, -0.15) is 8.42 Å². The maximum atomic E-state index is 12.0. The molecule has 0 aliphatic heterocycles. The average molecular weight is 508 g/mol. The fraction of sp³-hybridized carbons (Fsp3) is 0.929. The first-order chi connectivity index (χ1) is 16.5. The first-order valence-corrected chi connectivity index (χ1v) is 15.9. The van der Waals surface area contributed by atoms with Gasteiger partial charge in [-0.3, -0.25) is 8.57 Å². The zero-order valence-electron chi connectivity index (χ0n) is 22.6. The molecule has 0 unspecified atom stereocenters. The minimum atomic E-state index is -3.35. The lowest BCUT2D eigenvalue weighted by molar-refractivity contribution is 0.305. The van der Waals surface area contributed by atoms with E-state index in [0.29, 0.717) is 26.0 Å². The van der Waals surface area contributed by atoms with Crippen molar-refractivity contribution in [3.05, 3.63) is 12.7 Å². The van der Waals surface area contributed by atoms with Crippen LogP contribution in [-0.2, 0) is 14.3 Å². The zero-order chi connectivity index (χ0) is 25.6. The van der Waals surface area contributed by atoms with Crippen LogP contribution in [0.25, 0.3) is 0 Å². The summed E-state index contributed by atoms with van der Waals surface area (Å²) in [5, 5.41) is 0. The van der Waals surface area contributed by atoms with Gasteiger partial charge in [0.15, 0.2) is 0 Å². The minimum absolute atomic E-state index is 0.135. The Labute approximate surface area is 212 Å². The molecule has 0 aromatic carbocycles. The first kappa shape index (κ1) is 35.7. The van der Waals surface area contributed by atoms with Crippen LogP contribution in [0.5, 0.6) is 0 Å². The molecule has 4 nitrogen and oxygen atoms in total. The highest BCUT2D eigenvalue weighted by Gasteiger charge is 2.10. The molecule has 0 bridgehead atoms. The summed E-state index contributed by atoms with van der Waals surface area (Å²) in [5.41, 5.74) is 4.91. The SMILES string of the molecule is C=CCN.CCCCCCCCCCCCCCCCOS(=O)(=O)CCCCCCCCCF. The van der Waals surface area contributed by atoms with Gasteiger partial charge in [-0.05, 0) is 19.3 Å². The number of halogens is 1. The van der Waals surface area contributed by atoms with Crippen molar-refractivity contribution in [1.82, 2.24) is 0 Å². The van der Waals surface area contributed by atoms with E-state index < -0.39 is 10.1 Å². The van der Waals surface area contributed by atoms with Gasteiger partial charge in [0, 0.05) is 6.54 Å². The van der Waals surface area contributed by atoms with E-state index in [9.17, 15) is 12.8 Å². The molecule has 0 amide bonds. The van der Waals surface area contributed by atoms with Gasteiger partial charge in [0.1, 0.15) is 0 Å². The predicted octanol–water partition coefficient (Wildman–Crippen LogP) is 8.65. The van der Waals surface area contributed by atoms with E-state index in [-0.39, 0.29) is 12.4 Å². The van der Waals surface area contributed by atoms with E-state index in [1.807, 2.05) is 0 Å². The van der Waals surface area contributed by atoms with Crippen molar-refractivity contribution in [3.8, 4) is 0 Å². The third kappa shape index (κ3) is 33.7. The molecule has 206 valence electrons. The van der Waals surface area contributed by atoms with Crippen molar-refractivity contribution < 1.29 is 17.0 Å². The van der Waals surface area contributed by atoms with Gasteiger partial charge in [-0.15, -0.1) is 6.58 Å². The van der Waals surface area contributed by atoms with E-state index in [4.69, 9.17) is 9.92 Å². The third-order valence-electron chi connectivity index (χ3n) is 5.96. The van der Waals surface area contributed by atoms with Crippen LogP contribution < -0.4 is 5.73 Å². The minimum Gasteiger partial charge on any atom is -0.327 e. The van der Waals surface area contributed by atoms with Gasteiger partial charge in [-0.25, -0.2) is 0 Å². The fourth-order valence-corrected chi connectivity index (χ4v) is 4.85. The maximum absolute atomic E-state index is 12.0. The molecule has 0 radical (unpaired) electrons. The van der Waals surface area contributed by atoms with Crippen molar-refractivity contribution >= 4 is 10.1 Å². The molecule has 0 rings (SSSR count). The highest BCUT2D eigenvalue weighted by Crippen LogP contribution is 2.13. The molecule has 0 heterocycles. The van der Waals surface area contributed by atoms with Gasteiger partial charge >= 0.3 is 0 Å². The molecular weight excluding hydrogens is 449 g/mol. The third-order valence-corrected chi connectivity index (χ3v) is 7.27. The lowest BCUT2D eigenvalue weighted by atomic mass is 10.0. The summed E-state index contributed by atoms with van der Waals surface area (Å²) in [6.07, 6.45) is 26.1. The molecule has 0 aromatic heterocycles. The summed E-state index contributed by atoms with van der Waals surface area (Å²) in [6.45, 7) is 6.31. The molecule has 0 aliphatic carbocycles. The summed E-state index contributed by atoms with van der Waals surface area (Å²) in [4.78, 5) is 0. The topological polar surface area (TPSA) is 69.4 Å². The van der Waals surface area contributed by atoms with Crippen LogP contribution in [-0.4, -0.2) is 34.0 Å². The molecular formula is C28H58FNO3S. The Morgan fingerprint density at radius 2 is 1.03 bits per heavy atom. The quantitative estimate of drug-likeness (QED) is 0.0722. The van der Waals surface area contributed by atoms with Gasteiger partial charge < -0.3 is 5.73 Å². The van der Waals surface area contributed by atoms with E-state index in [1.54, 1.807) is 6.08 Å². The molecule has 0 saturated heterocycles. The van der Waals surface area contributed by atoms with E-state index in [1.165, 1.54) is 77.0 Å². The summed E-state index contributed by atoms with van der Waals surface area (Å²) < 4.78 is 40.8. The molecule has 0 fully saturated rings. The van der Waals surface area contributed by atoms with E-state index >= 15 is 0 Å². The average Bonchev–Trinajstić information content (AvgIpc) is 2.83. The highest BCUT2D eigenvalue weighted by molar-refractivity contribution is 7.86. The fourth-order valence-electron chi connectivity index (χ4n) is 3.80. The first-order valence-electron chi connectivity index (χ1n) is 14.3. The molecule has 0 saturated carbocycles. The van der Waals surface area contributed by atoms with E-state index in [2.05, 4.69) is 13.5 Å². The van der Waals surface area contributed by atoms with Crippen LogP contribution in [0.15, 0.2) is 12.7 Å². The Morgan fingerprint density at radius 3 is 1.41 bits per heavy atom. The Bertz CT molecular complexity index is 486. The van der Waals surface area contributed by atoms with Crippen LogP contribution in [0.1, 0.15) is 142 Å². The lowest BCUT2D eigenvalue weighted by Crippen LogP contribution is -2.11. The Balaban J connectivity index is 0. The summed E-state index contributed by atoms with van der Waals surface area (Å²) >= 11 is 0. The molecule has 6 heteroatoms. The van der Waals surface area contributed by atoms with E-state index in [0.717, 1.165) is 44.9 Å². The molecule has 0 aliphatic rings. The summed E-state index contributed by atoms with van der Waals surface area (Å²) in [7, 11) is -3.35. The van der Waals surface area contributed by atoms with Crippen molar-refractivity contribution in [1.29, 1.82) is 0 Å². The number of alkyl halides is 1. The van der Waals surface area contributed by atoms with Gasteiger partial charge in [0.25, 0.3) is 10.1 Å². The molecule has 0 spiro atoms. The normalized spacial score (nSPS) is 11.3. The van der Waals surface area contributed by atoms with Gasteiger partial charge in [0.05, 0.1) is 19.0 Å².